The zero-order chi connectivity index (χ0) is 12.6. The van der Waals surface area contributed by atoms with Gasteiger partial charge in [-0.2, -0.15) is 10.5 Å². The summed E-state index contributed by atoms with van der Waals surface area (Å²) < 4.78 is 0. The van der Waals surface area contributed by atoms with Gasteiger partial charge in [0.25, 0.3) is 0 Å². The third-order valence-electron chi connectivity index (χ3n) is 2.48. The van der Waals surface area contributed by atoms with Crippen molar-refractivity contribution in [2.24, 2.45) is 10.5 Å². The number of nitrogens with zero attached hydrogens (tertiary/aromatic N) is 5. The number of benzene rings is 1. The van der Waals surface area contributed by atoms with Gasteiger partial charge in [-0.3, -0.25) is 0 Å². The van der Waals surface area contributed by atoms with Crippen LogP contribution in [0.5, 0.6) is 0 Å². The molecule has 1 aromatic carbocycles. The third-order valence-corrected chi connectivity index (χ3v) is 2.48. The molecular weight excluding hydrogens is 214 g/mol. The third kappa shape index (κ3) is 3.53. The van der Waals surface area contributed by atoms with Gasteiger partial charge < -0.3 is 0 Å². The zero-order valence-corrected chi connectivity index (χ0v) is 9.24. The molecule has 17 heavy (non-hydrogen) atoms. The molecular formula is C12H11N5. The van der Waals surface area contributed by atoms with E-state index in [4.69, 9.17) is 16.1 Å². The Balaban J connectivity index is 2.83. The molecule has 0 bridgehead atoms. The normalized spacial score (nSPS) is 9.76. The van der Waals surface area contributed by atoms with Crippen LogP contribution >= 0.6 is 0 Å². The lowest BCUT2D eigenvalue weighted by Crippen LogP contribution is -2.20. The first-order valence-electron chi connectivity index (χ1n) is 5.13. The molecule has 0 aliphatic carbocycles. The molecule has 0 fully saturated rings. The summed E-state index contributed by atoms with van der Waals surface area (Å²) in [6.07, 6.45) is 0.598. The van der Waals surface area contributed by atoms with Crippen molar-refractivity contribution in [2.75, 3.05) is 6.54 Å². The fourth-order valence-electron chi connectivity index (χ4n) is 1.53. The number of azide groups is 1. The highest BCUT2D eigenvalue weighted by molar-refractivity contribution is 5.24. The highest BCUT2D eigenvalue weighted by Crippen LogP contribution is 2.25. The molecule has 0 atom stereocenters. The molecule has 1 aromatic rings. The van der Waals surface area contributed by atoms with Crippen molar-refractivity contribution in [3.8, 4) is 12.1 Å². The van der Waals surface area contributed by atoms with Crippen LogP contribution in [0.2, 0.25) is 0 Å². The van der Waals surface area contributed by atoms with Gasteiger partial charge >= 0.3 is 0 Å². The molecule has 0 spiro atoms. The Kier molecular flexibility index (Phi) is 4.57. The fourth-order valence-corrected chi connectivity index (χ4v) is 1.53. The van der Waals surface area contributed by atoms with Gasteiger partial charge in [0.2, 0.25) is 0 Å². The van der Waals surface area contributed by atoms with Gasteiger partial charge in [0.1, 0.15) is 5.41 Å². The molecule has 5 heteroatoms. The monoisotopic (exact) mass is 225 g/mol. The van der Waals surface area contributed by atoms with E-state index in [-0.39, 0.29) is 13.0 Å². The SMILES string of the molecule is N#CC(C#N)(CCN=[N+]=[N-])Cc1ccccc1. The van der Waals surface area contributed by atoms with Crippen molar-refractivity contribution in [1.29, 1.82) is 10.5 Å². The molecule has 0 amide bonds. The van der Waals surface area contributed by atoms with E-state index in [0.29, 0.717) is 6.42 Å². The van der Waals surface area contributed by atoms with E-state index in [0.717, 1.165) is 5.56 Å². The molecule has 0 aliphatic heterocycles. The lowest BCUT2D eigenvalue weighted by atomic mass is 9.81. The molecule has 1 rings (SSSR count). The van der Waals surface area contributed by atoms with Gasteiger partial charge in [-0.15, -0.1) is 0 Å². The Hall–Kier alpha value is -2.49. The van der Waals surface area contributed by atoms with Crippen molar-refractivity contribution in [3.63, 3.8) is 0 Å². The van der Waals surface area contributed by atoms with Gasteiger partial charge in [-0.1, -0.05) is 35.4 Å². The molecule has 0 unspecified atom stereocenters. The molecule has 0 saturated carbocycles. The predicted molar refractivity (Wildman–Crippen MR) is 62.4 cm³/mol. The van der Waals surface area contributed by atoms with E-state index in [2.05, 4.69) is 10.0 Å². The highest BCUT2D eigenvalue weighted by atomic mass is 15.1. The first-order valence-corrected chi connectivity index (χ1v) is 5.13. The van der Waals surface area contributed by atoms with Crippen molar-refractivity contribution in [2.45, 2.75) is 12.8 Å². The largest absolute Gasteiger partial charge is 0.197 e. The summed E-state index contributed by atoms with van der Waals surface area (Å²) in [6.45, 7) is 0.157. The summed E-state index contributed by atoms with van der Waals surface area (Å²) in [5.74, 6) is 0. The van der Waals surface area contributed by atoms with E-state index in [1.54, 1.807) is 0 Å². The lowest BCUT2D eigenvalue weighted by molar-refractivity contribution is 0.481. The molecule has 0 aliphatic rings. The second-order valence-electron chi connectivity index (χ2n) is 3.67. The molecule has 0 radical (unpaired) electrons. The van der Waals surface area contributed by atoms with Crippen molar-refractivity contribution >= 4 is 0 Å². The fraction of sp³-hybridized carbons (Fsp3) is 0.333. The molecule has 0 saturated heterocycles. The van der Waals surface area contributed by atoms with E-state index < -0.39 is 5.41 Å². The van der Waals surface area contributed by atoms with Crippen LogP contribution in [0, 0.1) is 28.1 Å². The standard InChI is InChI=1S/C12H11N5/c13-9-12(10-14,6-7-16-17-15)8-11-4-2-1-3-5-11/h1-5H,6-8H2. The molecule has 0 aromatic heterocycles. The van der Waals surface area contributed by atoms with Crippen LogP contribution in [0.4, 0.5) is 0 Å². The minimum Gasteiger partial charge on any atom is -0.197 e. The Labute approximate surface area is 99.5 Å². The summed E-state index contributed by atoms with van der Waals surface area (Å²) in [5, 5.41) is 21.6. The maximum atomic E-state index is 9.13. The maximum absolute atomic E-state index is 9.13. The lowest BCUT2D eigenvalue weighted by Gasteiger charge is -2.17. The van der Waals surface area contributed by atoms with Gasteiger partial charge in [0.05, 0.1) is 12.1 Å². The summed E-state index contributed by atoms with van der Waals surface area (Å²) in [5.41, 5.74) is 8.00. The molecule has 0 heterocycles. The Bertz CT molecular complexity index is 474. The summed E-state index contributed by atoms with van der Waals surface area (Å²) >= 11 is 0. The zero-order valence-electron chi connectivity index (χ0n) is 9.24. The van der Waals surface area contributed by atoms with Crippen LogP contribution < -0.4 is 0 Å². The Morgan fingerprint density at radius 1 is 1.24 bits per heavy atom. The molecule has 84 valence electrons. The molecule has 0 N–H and O–H groups in total. The molecule has 5 nitrogen and oxygen atoms in total. The first kappa shape index (κ1) is 12.6. The number of hydrogen-bond acceptors (Lipinski definition) is 3. The van der Waals surface area contributed by atoms with Crippen LogP contribution in [-0.2, 0) is 6.42 Å². The number of nitriles is 2. The van der Waals surface area contributed by atoms with E-state index in [1.165, 1.54) is 0 Å². The topological polar surface area (TPSA) is 96.3 Å². The number of rotatable bonds is 5. The van der Waals surface area contributed by atoms with Crippen LogP contribution in [0.15, 0.2) is 35.4 Å². The second kappa shape index (κ2) is 6.17. The van der Waals surface area contributed by atoms with E-state index in [1.807, 2.05) is 42.5 Å². The quantitative estimate of drug-likeness (QED) is 0.437. The first-order chi connectivity index (χ1) is 8.26. The van der Waals surface area contributed by atoms with Gasteiger partial charge in [-0.25, -0.2) is 0 Å². The predicted octanol–water partition coefficient (Wildman–Crippen LogP) is 2.96. The number of hydrogen-bond donors (Lipinski definition) is 0. The maximum Gasteiger partial charge on any atom is 0.147 e. The van der Waals surface area contributed by atoms with Crippen molar-refractivity contribution in [3.05, 3.63) is 46.3 Å². The highest BCUT2D eigenvalue weighted by Gasteiger charge is 2.29. The van der Waals surface area contributed by atoms with Crippen LogP contribution in [0.25, 0.3) is 10.4 Å². The van der Waals surface area contributed by atoms with Gasteiger partial charge in [0, 0.05) is 17.9 Å². The van der Waals surface area contributed by atoms with E-state index in [9.17, 15) is 0 Å². The minimum atomic E-state index is -1.12. The summed E-state index contributed by atoms with van der Waals surface area (Å²) in [4.78, 5) is 2.62. The minimum absolute atomic E-state index is 0.157. The average molecular weight is 225 g/mol. The van der Waals surface area contributed by atoms with Crippen LogP contribution in [0.3, 0.4) is 0 Å². The van der Waals surface area contributed by atoms with Gasteiger partial charge in [-0.05, 0) is 17.5 Å². The average Bonchev–Trinajstić information content (AvgIpc) is 2.39. The summed E-state index contributed by atoms with van der Waals surface area (Å²) in [7, 11) is 0. The van der Waals surface area contributed by atoms with Crippen molar-refractivity contribution in [1.82, 2.24) is 0 Å². The smallest absolute Gasteiger partial charge is 0.147 e. The van der Waals surface area contributed by atoms with Crippen LogP contribution in [0.1, 0.15) is 12.0 Å². The van der Waals surface area contributed by atoms with Crippen LogP contribution in [-0.4, -0.2) is 6.54 Å². The second-order valence-corrected chi connectivity index (χ2v) is 3.67. The van der Waals surface area contributed by atoms with E-state index >= 15 is 0 Å². The van der Waals surface area contributed by atoms with Gasteiger partial charge in [0.15, 0.2) is 0 Å². The van der Waals surface area contributed by atoms with Crippen molar-refractivity contribution < 1.29 is 0 Å². The Morgan fingerprint density at radius 2 is 1.88 bits per heavy atom. The Morgan fingerprint density at radius 3 is 2.41 bits per heavy atom. The summed E-state index contributed by atoms with van der Waals surface area (Å²) in [6, 6.07) is 13.4.